The number of carbonyl (C=O) groups excluding carboxylic acids is 1. The number of unbranched alkanes of at least 4 members (excludes halogenated alkanes) is 1. The zero-order valence-corrected chi connectivity index (χ0v) is 11.7. The molecule has 1 N–H and O–H groups in total. The highest BCUT2D eigenvalue weighted by Crippen LogP contribution is 2.18. The summed E-state index contributed by atoms with van der Waals surface area (Å²) in [6.07, 6.45) is 1.45. The van der Waals surface area contributed by atoms with Crippen LogP contribution < -0.4 is 4.74 Å². The van der Waals surface area contributed by atoms with Crippen molar-refractivity contribution >= 4 is 17.4 Å². The number of carboxylic acids is 1. The molecule has 0 radical (unpaired) electrons. The Morgan fingerprint density at radius 1 is 1.29 bits per heavy atom. The monoisotopic (exact) mass is 295 g/mol. The number of hydrogen-bond acceptors (Lipinski definition) is 5. The molecule has 1 atom stereocenters. The van der Waals surface area contributed by atoms with Crippen molar-refractivity contribution in [2.45, 2.75) is 26.2 Å². The van der Waals surface area contributed by atoms with E-state index >= 15 is 0 Å². The number of aliphatic carboxylic acids is 1. The summed E-state index contributed by atoms with van der Waals surface area (Å²) < 4.78 is 5.39. The summed E-state index contributed by atoms with van der Waals surface area (Å²) in [4.78, 5) is 31.9. The van der Waals surface area contributed by atoms with Gasteiger partial charge < -0.3 is 9.84 Å². The predicted molar refractivity (Wildman–Crippen MR) is 74.2 cm³/mol. The number of ether oxygens (including phenoxy) is 1. The number of nitrogens with zero attached hydrogens (tertiary/aromatic N) is 1. The van der Waals surface area contributed by atoms with Gasteiger partial charge in [-0.2, -0.15) is 0 Å². The van der Waals surface area contributed by atoms with Crippen LogP contribution in [0.15, 0.2) is 24.3 Å². The fourth-order valence-corrected chi connectivity index (χ4v) is 1.81. The molecule has 0 saturated carbocycles. The summed E-state index contributed by atoms with van der Waals surface area (Å²) >= 11 is 0. The summed E-state index contributed by atoms with van der Waals surface area (Å²) in [5.41, 5.74) is -0.00638. The van der Waals surface area contributed by atoms with E-state index in [1.54, 1.807) is 0 Å². The van der Waals surface area contributed by atoms with Crippen LogP contribution in [0.3, 0.4) is 0 Å². The number of nitro groups is 1. The van der Waals surface area contributed by atoms with Crippen molar-refractivity contribution in [2.24, 2.45) is 5.92 Å². The molecule has 114 valence electrons. The Morgan fingerprint density at radius 3 is 2.38 bits per heavy atom. The lowest BCUT2D eigenvalue weighted by Crippen LogP contribution is -2.21. The van der Waals surface area contributed by atoms with Crippen molar-refractivity contribution in [1.82, 2.24) is 0 Å². The number of rotatable bonds is 9. The number of ketones is 1. The van der Waals surface area contributed by atoms with E-state index in [0.29, 0.717) is 25.2 Å². The summed E-state index contributed by atoms with van der Waals surface area (Å²) in [5, 5.41) is 19.3. The average molecular weight is 295 g/mol. The first-order valence-corrected chi connectivity index (χ1v) is 6.52. The number of Topliss-reactive ketones (excluding diaryl/α,β-unsaturated/α-hetero) is 1. The third-order valence-corrected chi connectivity index (χ3v) is 2.99. The fraction of sp³-hybridized carbons (Fsp3) is 0.429. The number of nitro benzene ring substituents is 1. The molecule has 0 spiro atoms. The van der Waals surface area contributed by atoms with Crippen molar-refractivity contribution in [3.05, 3.63) is 34.4 Å². The molecule has 0 bridgehead atoms. The standard InChI is InChI=1S/C14H17NO6/c1-10(16)13(14(17)18)4-2-3-9-21-12-7-5-11(6-8-12)15(19)20/h5-8,13H,2-4,9H2,1H3,(H,17,18). The molecule has 1 aromatic carbocycles. The summed E-state index contributed by atoms with van der Waals surface area (Å²) in [7, 11) is 0. The minimum absolute atomic E-state index is 0.00638. The van der Waals surface area contributed by atoms with Crippen LogP contribution >= 0.6 is 0 Å². The Hall–Kier alpha value is -2.44. The van der Waals surface area contributed by atoms with Gasteiger partial charge >= 0.3 is 5.97 Å². The van der Waals surface area contributed by atoms with Gasteiger partial charge in [-0.05, 0) is 38.3 Å². The Labute approximate surface area is 121 Å². The lowest BCUT2D eigenvalue weighted by Gasteiger charge is -2.09. The smallest absolute Gasteiger partial charge is 0.314 e. The molecule has 0 saturated heterocycles. The van der Waals surface area contributed by atoms with Gasteiger partial charge in [-0.1, -0.05) is 0 Å². The van der Waals surface area contributed by atoms with E-state index in [-0.39, 0.29) is 17.9 Å². The van der Waals surface area contributed by atoms with E-state index < -0.39 is 16.8 Å². The molecule has 0 aliphatic rings. The lowest BCUT2D eigenvalue weighted by molar-refractivity contribution is -0.384. The van der Waals surface area contributed by atoms with Gasteiger partial charge in [-0.3, -0.25) is 19.7 Å². The van der Waals surface area contributed by atoms with Gasteiger partial charge in [0.2, 0.25) is 0 Å². The van der Waals surface area contributed by atoms with Crippen LogP contribution in [-0.4, -0.2) is 28.4 Å². The quantitative estimate of drug-likeness (QED) is 0.324. The molecule has 21 heavy (non-hydrogen) atoms. The molecule has 0 heterocycles. The van der Waals surface area contributed by atoms with E-state index in [9.17, 15) is 19.7 Å². The number of hydrogen-bond donors (Lipinski definition) is 1. The molecule has 0 fully saturated rings. The Morgan fingerprint density at radius 2 is 1.90 bits per heavy atom. The van der Waals surface area contributed by atoms with Crippen LogP contribution in [0.1, 0.15) is 26.2 Å². The molecule has 7 nitrogen and oxygen atoms in total. The highest BCUT2D eigenvalue weighted by molar-refractivity contribution is 5.96. The van der Waals surface area contributed by atoms with Crippen molar-refractivity contribution < 1.29 is 24.4 Å². The molecular weight excluding hydrogens is 278 g/mol. The van der Waals surface area contributed by atoms with Crippen molar-refractivity contribution in [3.63, 3.8) is 0 Å². The van der Waals surface area contributed by atoms with Crippen molar-refractivity contribution in [1.29, 1.82) is 0 Å². The maximum atomic E-state index is 11.1. The highest BCUT2D eigenvalue weighted by atomic mass is 16.6. The molecule has 1 rings (SSSR count). The number of non-ortho nitro benzene ring substituents is 1. The van der Waals surface area contributed by atoms with Crippen LogP contribution in [0.25, 0.3) is 0 Å². The van der Waals surface area contributed by atoms with E-state index in [1.807, 2.05) is 0 Å². The van der Waals surface area contributed by atoms with E-state index in [0.717, 1.165) is 0 Å². The van der Waals surface area contributed by atoms with Crippen LogP contribution in [0.2, 0.25) is 0 Å². The van der Waals surface area contributed by atoms with Gasteiger partial charge in [0.25, 0.3) is 5.69 Å². The van der Waals surface area contributed by atoms with Crippen LogP contribution in [0.4, 0.5) is 5.69 Å². The summed E-state index contributed by atoms with van der Waals surface area (Å²) in [6, 6.07) is 5.72. The first-order chi connectivity index (χ1) is 9.91. The second kappa shape index (κ2) is 7.98. The molecule has 0 aliphatic carbocycles. The minimum atomic E-state index is -1.10. The zero-order chi connectivity index (χ0) is 15.8. The molecule has 0 aromatic heterocycles. The largest absolute Gasteiger partial charge is 0.494 e. The van der Waals surface area contributed by atoms with Gasteiger partial charge in [0.1, 0.15) is 17.5 Å². The van der Waals surface area contributed by atoms with Gasteiger partial charge in [-0.25, -0.2) is 0 Å². The first-order valence-electron chi connectivity index (χ1n) is 6.52. The van der Waals surface area contributed by atoms with Crippen molar-refractivity contribution in [2.75, 3.05) is 6.61 Å². The van der Waals surface area contributed by atoms with Gasteiger partial charge in [-0.15, -0.1) is 0 Å². The van der Waals surface area contributed by atoms with Gasteiger partial charge in [0.05, 0.1) is 11.5 Å². The van der Waals surface area contributed by atoms with E-state index in [2.05, 4.69) is 0 Å². The number of benzene rings is 1. The maximum absolute atomic E-state index is 11.1. The Bertz CT molecular complexity index is 497. The van der Waals surface area contributed by atoms with Crippen LogP contribution in [0.5, 0.6) is 5.75 Å². The topological polar surface area (TPSA) is 107 Å². The van der Waals surface area contributed by atoms with Crippen molar-refractivity contribution in [3.8, 4) is 5.75 Å². The third kappa shape index (κ3) is 5.60. The highest BCUT2D eigenvalue weighted by Gasteiger charge is 2.21. The average Bonchev–Trinajstić information content (AvgIpc) is 2.42. The predicted octanol–water partition coefficient (Wildman–Crippen LogP) is 2.43. The normalized spacial score (nSPS) is 11.7. The van der Waals surface area contributed by atoms with E-state index in [1.165, 1.54) is 31.2 Å². The molecular formula is C14H17NO6. The summed E-state index contributed by atoms with van der Waals surface area (Å²) in [5.74, 6) is -1.89. The number of carboxylic acid groups (broad SMARTS) is 1. The van der Waals surface area contributed by atoms with E-state index in [4.69, 9.17) is 9.84 Å². The first kappa shape index (κ1) is 16.6. The maximum Gasteiger partial charge on any atom is 0.314 e. The minimum Gasteiger partial charge on any atom is -0.494 e. The third-order valence-electron chi connectivity index (χ3n) is 2.99. The fourth-order valence-electron chi connectivity index (χ4n) is 1.81. The number of carbonyl (C=O) groups is 2. The summed E-state index contributed by atoms with van der Waals surface area (Å²) in [6.45, 7) is 1.63. The molecule has 0 aliphatic heterocycles. The zero-order valence-electron chi connectivity index (χ0n) is 11.7. The Balaban J connectivity index is 2.29. The van der Waals surface area contributed by atoms with Crippen LogP contribution in [0, 0.1) is 16.0 Å². The second-order valence-electron chi connectivity index (χ2n) is 4.60. The molecule has 1 unspecified atom stereocenters. The lowest BCUT2D eigenvalue weighted by atomic mass is 9.98. The Kier molecular flexibility index (Phi) is 6.32. The molecule has 7 heteroatoms. The molecule has 0 amide bonds. The SMILES string of the molecule is CC(=O)C(CCCCOc1ccc([N+](=O)[O-])cc1)C(=O)O. The molecule has 1 aromatic rings. The second-order valence-corrected chi connectivity index (χ2v) is 4.60. The van der Waals surface area contributed by atoms with Crippen LogP contribution in [-0.2, 0) is 9.59 Å². The van der Waals surface area contributed by atoms with Gasteiger partial charge in [0, 0.05) is 12.1 Å². The van der Waals surface area contributed by atoms with Gasteiger partial charge in [0.15, 0.2) is 0 Å².